The molecule has 9 heteroatoms. The number of guanidine groups is 1. The maximum absolute atomic E-state index is 5.65. The zero-order valence-corrected chi connectivity index (χ0v) is 19.9. The molecule has 0 fully saturated rings. The summed E-state index contributed by atoms with van der Waals surface area (Å²) in [6.45, 7) is 6.09. The summed E-state index contributed by atoms with van der Waals surface area (Å²) in [7, 11) is 3.43. The lowest BCUT2D eigenvalue weighted by Gasteiger charge is -2.25. The number of rotatable bonds is 7. The van der Waals surface area contributed by atoms with Crippen molar-refractivity contribution in [3.8, 4) is 11.5 Å². The molecule has 29 heavy (non-hydrogen) atoms. The van der Waals surface area contributed by atoms with Crippen LogP contribution < -0.4 is 20.1 Å². The average molecular weight is 514 g/mol. The molecule has 1 unspecified atom stereocenters. The molecule has 1 aromatic heterocycles. The van der Waals surface area contributed by atoms with Crippen LogP contribution in [0, 0.1) is 0 Å². The summed E-state index contributed by atoms with van der Waals surface area (Å²) in [5.74, 6) is 4.27. The third-order valence-corrected chi connectivity index (χ3v) is 4.77. The van der Waals surface area contributed by atoms with Gasteiger partial charge in [-0.25, -0.2) is 9.67 Å². The van der Waals surface area contributed by atoms with E-state index in [1.165, 1.54) is 0 Å². The molecule has 2 heterocycles. The Bertz CT molecular complexity index is 823. The molecule has 0 saturated carbocycles. The Labute approximate surface area is 189 Å². The average Bonchev–Trinajstić information content (AvgIpc) is 3.14. The van der Waals surface area contributed by atoms with Crippen molar-refractivity contribution in [3.05, 3.63) is 35.4 Å². The molecule has 1 atom stereocenters. The van der Waals surface area contributed by atoms with E-state index in [1.54, 1.807) is 14.2 Å². The molecule has 1 aliphatic heterocycles. The van der Waals surface area contributed by atoms with E-state index in [0.29, 0.717) is 13.2 Å². The molecular weight excluding hydrogens is 483 g/mol. The second-order valence-electron chi connectivity index (χ2n) is 6.70. The molecule has 0 saturated heterocycles. The molecule has 0 bridgehead atoms. The van der Waals surface area contributed by atoms with Crippen molar-refractivity contribution >= 4 is 29.9 Å². The first-order chi connectivity index (χ1) is 13.7. The Balaban J connectivity index is 0.00000300. The van der Waals surface area contributed by atoms with Crippen LogP contribution in [-0.2, 0) is 25.9 Å². The number of aryl methyl sites for hydroxylation is 2. The van der Waals surface area contributed by atoms with Crippen molar-refractivity contribution in [2.45, 2.75) is 52.2 Å². The Kier molecular flexibility index (Phi) is 8.99. The van der Waals surface area contributed by atoms with Gasteiger partial charge >= 0.3 is 0 Å². The molecule has 1 aromatic carbocycles. The lowest BCUT2D eigenvalue weighted by Crippen LogP contribution is -2.46. The summed E-state index contributed by atoms with van der Waals surface area (Å²) in [6.07, 6.45) is 2.81. The van der Waals surface area contributed by atoms with Gasteiger partial charge in [0.25, 0.3) is 0 Å². The van der Waals surface area contributed by atoms with Gasteiger partial charge in [-0.3, -0.25) is 4.99 Å². The number of halogens is 1. The molecule has 160 valence electrons. The number of aromatic nitrogens is 3. The highest BCUT2D eigenvalue weighted by atomic mass is 127. The highest BCUT2D eigenvalue weighted by Crippen LogP contribution is 2.28. The number of aliphatic imine (C=N–C) groups is 1. The van der Waals surface area contributed by atoms with Crippen molar-refractivity contribution in [1.29, 1.82) is 0 Å². The van der Waals surface area contributed by atoms with Crippen LogP contribution in [0.3, 0.4) is 0 Å². The highest BCUT2D eigenvalue weighted by molar-refractivity contribution is 14.0. The Morgan fingerprint density at radius 2 is 2.14 bits per heavy atom. The van der Waals surface area contributed by atoms with Crippen LogP contribution in [0.15, 0.2) is 23.2 Å². The number of hydrogen-bond acceptors (Lipinski definition) is 5. The fraction of sp³-hybridized carbons (Fsp3) is 0.550. The molecule has 0 radical (unpaired) electrons. The lowest BCUT2D eigenvalue weighted by atomic mass is 10.1. The Morgan fingerprint density at radius 3 is 2.83 bits per heavy atom. The normalized spacial score (nSPS) is 15.9. The number of methoxy groups -OCH3 is 1. The molecule has 0 spiro atoms. The summed E-state index contributed by atoms with van der Waals surface area (Å²) in [5, 5.41) is 11.4. The smallest absolute Gasteiger partial charge is 0.191 e. The van der Waals surface area contributed by atoms with Gasteiger partial charge in [-0.05, 0) is 31.0 Å². The Hall–Kier alpha value is -2.04. The highest BCUT2D eigenvalue weighted by Gasteiger charge is 2.22. The molecule has 0 amide bonds. The number of benzene rings is 1. The van der Waals surface area contributed by atoms with Gasteiger partial charge in [0.1, 0.15) is 5.82 Å². The van der Waals surface area contributed by atoms with Gasteiger partial charge in [0.15, 0.2) is 23.3 Å². The molecule has 3 rings (SSSR count). The minimum atomic E-state index is 0. The van der Waals surface area contributed by atoms with Crippen LogP contribution in [0.2, 0.25) is 0 Å². The first-order valence-corrected chi connectivity index (χ1v) is 9.86. The molecule has 2 N–H and O–H groups in total. The second-order valence-corrected chi connectivity index (χ2v) is 6.70. The van der Waals surface area contributed by atoms with E-state index < -0.39 is 0 Å². The van der Waals surface area contributed by atoms with Gasteiger partial charge in [0.05, 0.1) is 20.3 Å². The van der Waals surface area contributed by atoms with Gasteiger partial charge in [0.2, 0.25) is 0 Å². The van der Waals surface area contributed by atoms with E-state index in [2.05, 4.69) is 32.6 Å². The summed E-state index contributed by atoms with van der Waals surface area (Å²) in [5.41, 5.74) is 1.10. The van der Waals surface area contributed by atoms with Crippen LogP contribution in [0.5, 0.6) is 11.5 Å². The van der Waals surface area contributed by atoms with E-state index in [-0.39, 0.29) is 30.0 Å². The molecule has 1 aliphatic rings. The van der Waals surface area contributed by atoms with Crippen LogP contribution >= 0.6 is 24.0 Å². The first-order valence-electron chi connectivity index (χ1n) is 9.86. The minimum absolute atomic E-state index is 0. The van der Waals surface area contributed by atoms with Crippen molar-refractivity contribution in [3.63, 3.8) is 0 Å². The number of nitrogens with zero attached hydrogens (tertiary/aromatic N) is 4. The van der Waals surface area contributed by atoms with Gasteiger partial charge in [-0.1, -0.05) is 13.0 Å². The molecule has 8 nitrogen and oxygen atoms in total. The van der Waals surface area contributed by atoms with Crippen molar-refractivity contribution < 1.29 is 9.47 Å². The quantitative estimate of drug-likeness (QED) is 0.336. The monoisotopic (exact) mass is 514 g/mol. The summed E-state index contributed by atoms with van der Waals surface area (Å²) in [4.78, 5) is 8.93. The summed E-state index contributed by atoms with van der Waals surface area (Å²) < 4.78 is 13.0. The van der Waals surface area contributed by atoms with E-state index in [0.717, 1.165) is 60.5 Å². The molecule has 2 aromatic rings. The summed E-state index contributed by atoms with van der Waals surface area (Å²) in [6, 6.07) is 6.23. The van der Waals surface area contributed by atoms with E-state index in [9.17, 15) is 0 Å². The van der Waals surface area contributed by atoms with E-state index in [1.807, 2.05) is 29.8 Å². The maximum atomic E-state index is 5.65. The van der Waals surface area contributed by atoms with E-state index >= 15 is 0 Å². The van der Waals surface area contributed by atoms with Crippen LogP contribution in [-0.4, -0.2) is 47.5 Å². The zero-order chi connectivity index (χ0) is 19.9. The number of fused-ring (bicyclic) bond motifs is 1. The van der Waals surface area contributed by atoms with Crippen molar-refractivity contribution in [2.24, 2.45) is 4.99 Å². The fourth-order valence-corrected chi connectivity index (χ4v) is 3.30. The topological polar surface area (TPSA) is 85.6 Å². The lowest BCUT2D eigenvalue weighted by molar-refractivity contribution is 0.310. The predicted molar refractivity (Wildman–Crippen MR) is 124 cm³/mol. The van der Waals surface area contributed by atoms with Gasteiger partial charge in [-0.15, -0.1) is 24.0 Å². The van der Waals surface area contributed by atoms with E-state index in [4.69, 9.17) is 9.47 Å². The molecule has 0 aliphatic carbocycles. The standard InChI is InChI=1S/C20H30N6O2.HI/c1-5-18-24-19-10-8-15(13-26(19)25-18)23-20(21-3)22-12-14-7-9-16(27-4)17(11-14)28-6-2;/h7,9,11,15H,5-6,8,10,12-13H2,1-4H3,(H2,21,22,23);1H. The minimum Gasteiger partial charge on any atom is -0.493 e. The third kappa shape index (κ3) is 5.97. The van der Waals surface area contributed by atoms with Crippen molar-refractivity contribution in [1.82, 2.24) is 25.4 Å². The van der Waals surface area contributed by atoms with Crippen LogP contribution in [0.1, 0.15) is 37.5 Å². The van der Waals surface area contributed by atoms with Crippen LogP contribution in [0.25, 0.3) is 0 Å². The third-order valence-electron chi connectivity index (χ3n) is 4.77. The van der Waals surface area contributed by atoms with Gasteiger partial charge < -0.3 is 20.1 Å². The maximum Gasteiger partial charge on any atom is 0.191 e. The van der Waals surface area contributed by atoms with Gasteiger partial charge in [-0.2, -0.15) is 5.10 Å². The van der Waals surface area contributed by atoms with Crippen molar-refractivity contribution in [2.75, 3.05) is 20.8 Å². The SMILES string of the molecule is CCOc1cc(CNC(=NC)NC2CCc3nc(CC)nn3C2)ccc1OC.I. The number of hydrogen-bond donors (Lipinski definition) is 2. The fourth-order valence-electron chi connectivity index (χ4n) is 3.30. The molecular formula is C20H31IN6O2. The summed E-state index contributed by atoms with van der Waals surface area (Å²) >= 11 is 0. The first kappa shape index (κ1) is 23.2. The zero-order valence-electron chi connectivity index (χ0n) is 17.6. The van der Waals surface area contributed by atoms with Crippen LogP contribution in [0.4, 0.5) is 0 Å². The predicted octanol–water partition coefficient (Wildman–Crippen LogP) is 2.55. The van der Waals surface area contributed by atoms with Gasteiger partial charge in [0, 0.05) is 32.5 Å². The second kappa shape index (κ2) is 11.2. The number of nitrogens with one attached hydrogen (secondary N) is 2. The number of ether oxygens (including phenoxy) is 2. The Morgan fingerprint density at radius 1 is 1.31 bits per heavy atom. The largest absolute Gasteiger partial charge is 0.493 e.